The Morgan fingerprint density at radius 2 is 1.43 bits per heavy atom. The van der Waals surface area contributed by atoms with E-state index in [-0.39, 0.29) is 43.8 Å². The molecule has 2 N–H and O–H groups in total. The molecule has 2 aromatic carbocycles. The number of rotatable bonds is 14. The van der Waals surface area contributed by atoms with Crippen LogP contribution < -0.4 is 18.9 Å². The van der Waals surface area contributed by atoms with E-state index in [1.165, 1.54) is 21.0 Å². The summed E-state index contributed by atoms with van der Waals surface area (Å²) in [6, 6.07) is 3.37. The van der Waals surface area contributed by atoms with Crippen LogP contribution in [0.5, 0.6) is 23.0 Å². The van der Waals surface area contributed by atoms with E-state index in [2.05, 4.69) is 0 Å². The monoisotopic (exact) mass is 660 g/mol. The summed E-state index contributed by atoms with van der Waals surface area (Å²) in [5, 5.41) is 18.8. The van der Waals surface area contributed by atoms with E-state index in [0.29, 0.717) is 54.1 Å². The minimum atomic E-state index is -1.02. The highest BCUT2D eigenvalue weighted by Gasteiger charge is 2.37. The van der Waals surface area contributed by atoms with E-state index in [1.807, 2.05) is 26.0 Å². The van der Waals surface area contributed by atoms with Crippen LogP contribution in [-0.4, -0.2) is 71.2 Å². The number of nitrogens with zero attached hydrogens (tertiary/aromatic N) is 2. The molecule has 0 aromatic heterocycles. The van der Waals surface area contributed by atoms with Crippen molar-refractivity contribution in [2.24, 2.45) is 11.8 Å². The highest BCUT2D eigenvalue weighted by atomic mass is 35.5. The molecule has 0 spiro atoms. The number of ether oxygens (including phenoxy) is 4. The first-order valence-electron chi connectivity index (χ1n) is 15.2. The Bertz CT molecular complexity index is 1530. The topological polar surface area (TPSA) is 152 Å². The molecule has 0 fully saturated rings. The van der Waals surface area contributed by atoms with Crippen LogP contribution >= 0.6 is 11.6 Å². The fraction of sp³-hybridized carbons (Fsp3) is 0.515. The number of carbonyl (C=O) groups is 4. The maximum absolute atomic E-state index is 13.0. The molecule has 13 heteroatoms. The Hall–Kier alpha value is -4.19. The third-order valence-corrected chi connectivity index (χ3v) is 9.04. The van der Waals surface area contributed by atoms with Gasteiger partial charge in [-0.05, 0) is 48.2 Å². The number of carboxylic acids is 2. The molecule has 0 saturated carbocycles. The van der Waals surface area contributed by atoms with Gasteiger partial charge in [-0.2, -0.15) is 0 Å². The van der Waals surface area contributed by atoms with Gasteiger partial charge in [0.1, 0.15) is 0 Å². The maximum Gasteiger partial charge on any atom is 0.306 e. The van der Waals surface area contributed by atoms with Crippen LogP contribution in [0.2, 0.25) is 5.02 Å². The van der Waals surface area contributed by atoms with Crippen LogP contribution in [0.1, 0.15) is 73.9 Å². The summed E-state index contributed by atoms with van der Waals surface area (Å²) in [5.41, 5.74) is 4.25. The summed E-state index contributed by atoms with van der Waals surface area (Å²) in [5.74, 6) is -2.16. The predicted molar refractivity (Wildman–Crippen MR) is 167 cm³/mol. The first kappa shape index (κ1) is 34.7. The van der Waals surface area contributed by atoms with E-state index < -0.39 is 23.8 Å². The van der Waals surface area contributed by atoms with E-state index in [4.69, 9.17) is 35.7 Å². The highest BCUT2D eigenvalue weighted by Crippen LogP contribution is 2.50. The van der Waals surface area contributed by atoms with Gasteiger partial charge in [0.2, 0.25) is 11.8 Å². The molecule has 0 aliphatic carbocycles. The molecular formula is C33H41ClN2O10. The van der Waals surface area contributed by atoms with Gasteiger partial charge in [-0.1, -0.05) is 25.4 Å². The molecular weight excluding hydrogens is 620 g/mol. The molecule has 250 valence electrons. The normalized spacial score (nSPS) is 16.4. The van der Waals surface area contributed by atoms with Gasteiger partial charge in [0.25, 0.3) is 0 Å². The van der Waals surface area contributed by atoms with Crippen molar-refractivity contribution >= 4 is 35.4 Å². The number of fused-ring (bicyclic) bond motifs is 2. The molecule has 2 aliphatic heterocycles. The fourth-order valence-electron chi connectivity index (χ4n) is 5.93. The second kappa shape index (κ2) is 14.5. The Labute approximate surface area is 273 Å². The predicted octanol–water partition coefficient (Wildman–Crippen LogP) is 4.98. The summed E-state index contributed by atoms with van der Waals surface area (Å²) in [7, 11) is 3.04. The number of amides is 2. The van der Waals surface area contributed by atoms with Gasteiger partial charge in [-0.3, -0.25) is 19.2 Å². The molecule has 4 rings (SSSR count). The second-order valence-electron chi connectivity index (χ2n) is 11.9. The summed E-state index contributed by atoms with van der Waals surface area (Å²) in [4.78, 5) is 51.4. The number of hydrogen-bond acceptors (Lipinski definition) is 8. The van der Waals surface area contributed by atoms with Crippen molar-refractivity contribution in [2.75, 3.05) is 27.4 Å². The maximum atomic E-state index is 13.0. The number of carbonyl (C=O) groups excluding carboxylic acids is 2. The van der Waals surface area contributed by atoms with Crippen molar-refractivity contribution in [3.63, 3.8) is 0 Å². The minimum Gasteiger partial charge on any atom is -0.493 e. The van der Waals surface area contributed by atoms with Crippen molar-refractivity contribution in [3.8, 4) is 23.0 Å². The van der Waals surface area contributed by atoms with Crippen LogP contribution in [0.15, 0.2) is 12.1 Å². The third kappa shape index (κ3) is 7.11. The first-order chi connectivity index (χ1) is 21.8. The quantitative estimate of drug-likeness (QED) is 0.265. The molecule has 0 saturated heterocycles. The number of methoxy groups -OCH3 is 2. The van der Waals surface area contributed by atoms with Crippen molar-refractivity contribution in [3.05, 3.63) is 45.0 Å². The molecule has 2 aliphatic rings. The number of carboxylic acid groups (broad SMARTS) is 2. The van der Waals surface area contributed by atoms with E-state index in [1.54, 1.807) is 16.9 Å². The Morgan fingerprint density at radius 1 is 0.870 bits per heavy atom. The van der Waals surface area contributed by atoms with E-state index in [9.17, 15) is 24.3 Å². The van der Waals surface area contributed by atoms with Gasteiger partial charge in [0.05, 0.1) is 50.3 Å². The molecule has 2 amide bonds. The average Bonchev–Trinajstić information content (AvgIpc) is 3.59. The number of hydrogen-bond donors (Lipinski definition) is 2. The lowest BCUT2D eigenvalue weighted by Gasteiger charge is -2.24. The van der Waals surface area contributed by atoms with Crippen LogP contribution in [0.3, 0.4) is 0 Å². The van der Waals surface area contributed by atoms with Gasteiger partial charge in [0.15, 0.2) is 23.0 Å². The van der Waals surface area contributed by atoms with Crippen molar-refractivity contribution in [2.45, 2.75) is 72.6 Å². The summed E-state index contributed by atoms with van der Waals surface area (Å²) >= 11 is 6.76. The summed E-state index contributed by atoms with van der Waals surface area (Å²) < 4.78 is 23.4. The number of aliphatic carboxylic acids is 2. The zero-order chi connectivity index (χ0) is 33.9. The molecule has 46 heavy (non-hydrogen) atoms. The van der Waals surface area contributed by atoms with Gasteiger partial charge >= 0.3 is 11.9 Å². The molecule has 1 unspecified atom stereocenters. The summed E-state index contributed by atoms with van der Waals surface area (Å²) in [6.07, 6.45) is 0.329. The Balaban J connectivity index is 1.39. The zero-order valence-electron chi connectivity index (χ0n) is 27.0. The standard InChI is InChI=1S/C33H41ClN2O10/c1-17(32(39)40)10-26(37)35-14-21-12-24(43-5)25(13-22(21)15-35)45-8-7-9-46-30-19(3)28-20(4)36(27(38)11-18(2)33(41)42)16-23(28)29(34)31(30)44-6/h12-13,17-18,20H,7-11,14-16H2,1-6H3,(H,39,40)(H,41,42)/t17-,18-,20?/m0/s1. The first-order valence-corrected chi connectivity index (χ1v) is 15.5. The lowest BCUT2D eigenvalue weighted by Crippen LogP contribution is -2.31. The SMILES string of the molecule is COc1cc2c(cc1OCCCOc1c(C)c3c(c(Cl)c1OC)CN(C(=O)C[C@H](C)C(=O)O)C3C)CN(C(=O)C[C@H](C)C(=O)O)C2. The van der Waals surface area contributed by atoms with Crippen molar-refractivity contribution in [1.29, 1.82) is 0 Å². The molecule has 12 nitrogen and oxygen atoms in total. The van der Waals surface area contributed by atoms with Crippen molar-refractivity contribution < 1.29 is 48.3 Å². The van der Waals surface area contributed by atoms with Crippen LogP contribution in [0.4, 0.5) is 0 Å². The van der Waals surface area contributed by atoms with Crippen molar-refractivity contribution in [1.82, 2.24) is 9.80 Å². The zero-order valence-corrected chi connectivity index (χ0v) is 27.7. The van der Waals surface area contributed by atoms with Gasteiger partial charge < -0.3 is 39.0 Å². The lowest BCUT2D eigenvalue weighted by atomic mass is 9.98. The second-order valence-corrected chi connectivity index (χ2v) is 12.2. The molecule has 2 aromatic rings. The lowest BCUT2D eigenvalue weighted by molar-refractivity contribution is -0.146. The molecule has 0 radical (unpaired) electrons. The Kier molecular flexibility index (Phi) is 10.9. The molecule has 0 bridgehead atoms. The highest BCUT2D eigenvalue weighted by molar-refractivity contribution is 6.33. The number of halogens is 1. The average molecular weight is 661 g/mol. The Morgan fingerprint density at radius 3 is 2.00 bits per heavy atom. The molecule has 2 heterocycles. The fourth-order valence-corrected chi connectivity index (χ4v) is 6.26. The van der Waals surface area contributed by atoms with E-state index >= 15 is 0 Å². The smallest absolute Gasteiger partial charge is 0.306 e. The van der Waals surface area contributed by atoms with Crippen LogP contribution in [-0.2, 0) is 38.8 Å². The van der Waals surface area contributed by atoms with Gasteiger partial charge in [0, 0.05) is 44.5 Å². The summed E-state index contributed by atoms with van der Waals surface area (Å²) in [6.45, 7) is 8.37. The minimum absolute atomic E-state index is 0.0646. The van der Waals surface area contributed by atoms with Crippen LogP contribution in [0, 0.1) is 18.8 Å². The third-order valence-electron chi connectivity index (χ3n) is 8.64. The van der Waals surface area contributed by atoms with E-state index in [0.717, 1.165) is 27.8 Å². The van der Waals surface area contributed by atoms with Crippen LogP contribution in [0.25, 0.3) is 0 Å². The largest absolute Gasteiger partial charge is 0.493 e. The number of benzene rings is 2. The van der Waals surface area contributed by atoms with Gasteiger partial charge in [-0.15, -0.1) is 0 Å². The van der Waals surface area contributed by atoms with Gasteiger partial charge in [-0.25, -0.2) is 0 Å². The molecule has 3 atom stereocenters.